The molecule has 0 unspecified atom stereocenters. The second kappa shape index (κ2) is 6.00. The Morgan fingerprint density at radius 3 is 2.50 bits per heavy atom. The van der Waals surface area contributed by atoms with Gasteiger partial charge in [-0.1, -0.05) is 20.8 Å². The van der Waals surface area contributed by atoms with Crippen LogP contribution in [0.5, 0.6) is 0 Å². The molecule has 0 spiro atoms. The van der Waals surface area contributed by atoms with Gasteiger partial charge in [-0.2, -0.15) is 5.10 Å². The molecule has 3 N–H and O–H groups in total. The van der Waals surface area contributed by atoms with E-state index < -0.39 is 0 Å². The molecular formula is C13H24N4O. The van der Waals surface area contributed by atoms with Crippen molar-refractivity contribution in [2.45, 2.75) is 45.6 Å². The molecule has 5 heteroatoms. The number of nitrogens with one attached hydrogen (secondary N) is 1. The van der Waals surface area contributed by atoms with Gasteiger partial charge in [0, 0.05) is 19.1 Å². The van der Waals surface area contributed by atoms with Gasteiger partial charge in [0.25, 0.3) is 5.91 Å². The van der Waals surface area contributed by atoms with Crippen LogP contribution in [0.25, 0.3) is 0 Å². The maximum absolute atomic E-state index is 12.0. The number of nitrogens with two attached hydrogens (primary N) is 1. The monoisotopic (exact) mass is 252 g/mol. The molecule has 1 heterocycles. The summed E-state index contributed by atoms with van der Waals surface area (Å²) in [6, 6.07) is 1.82. The maximum Gasteiger partial charge on any atom is 0.269 e. The van der Waals surface area contributed by atoms with Gasteiger partial charge in [0.05, 0.1) is 5.69 Å². The number of aryl methyl sites for hydroxylation is 2. The Morgan fingerprint density at radius 1 is 1.44 bits per heavy atom. The Balaban J connectivity index is 2.68. The number of carbonyl (C=O) groups is 1. The number of amides is 1. The molecule has 18 heavy (non-hydrogen) atoms. The van der Waals surface area contributed by atoms with Crippen LogP contribution in [-0.2, 0) is 13.5 Å². The van der Waals surface area contributed by atoms with Crippen LogP contribution in [-0.4, -0.2) is 27.8 Å². The van der Waals surface area contributed by atoms with Crippen LogP contribution in [0.3, 0.4) is 0 Å². The second-order valence-corrected chi connectivity index (χ2v) is 4.75. The van der Waals surface area contributed by atoms with E-state index in [1.807, 2.05) is 26.8 Å². The number of aromatic nitrogens is 2. The Bertz CT molecular complexity index is 407. The van der Waals surface area contributed by atoms with E-state index >= 15 is 0 Å². The summed E-state index contributed by atoms with van der Waals surface area (Å²) in [5, 5.41) is 7.15. The molecule has 5 nitrogen and oxygen atoms in total. The van der Waals surface area contributed by atoms with Crippen LogP contribution in [0.2, 0.25) is 0 Å². The molecule has 0 saturated heterocycles. The Morgan fingerprint density at radius 2 is 2.06 bits per heavy atom. The third kappa shape index (κ3) is 3.32. The van der Waals surface area contributed by atoms with E-state index in [-0.39, 0.29) is 11.4 Å². The smallest absolute Gasteiger partial charge is 0.269 e. The summed E-state index contributed by atoms with van der Waals surface area (Å²) in [7, 11) is 1.78. The molecule has 0 aliphatic carbocycles. The van der Waals surface area contributed by atoms with Crippen molar-refractivity contribution in [3.63, 3.8) is 0 Å². The van der Waals surface area contributed by atoms with Crippen molar-refractivity contribution in [3.8, 4) is 0 Å². The molecule has 1 aromatic heterocycles. The van der Waals surface area contributed by atoms with Crippen LogP contribution >= 0.6 is 0 Å². The van der Waals surface area contributed by atoms with Crippen molar-refractivity contribution in [1.29, 1.82) is 0 Å². The molecule has 1 rings (SSSR count). The Kier molecular flexibility index (Phi) is 4.90. The zero-order valence-electron chi connectivity index (χ0n) is 11.8. The van der Waals surface area contributed by atoms with Crippen molar-refractivity contribution in [2.75, 3.05) is 6.54 Å². The van der Waals surface area contributed by atoms with E-state index in [4.69, 9.17) is 5.73 Å². The zero-order chi connectivity index (χ0) is 13.8. The van der Waals surface area contributed by atoms with Gasteiger partial charge >= 0.3 is 0 Å². The average Bonchev–Trinajstić information content (AvgIpc) is 2.77. The highest BCUT2D eigenvalue weighted by atomic mass is 16.2. The van der Waals surface area contributed by atoms with E-state index in [1.54, 1.807) is 11.7 Å². The van der Waals surface area contributed by atoms with Crippen molar-refractivity contribution in [1.82, 2.24) is 15.1 Å². The first kappa shape index (κ1) is 14.7. The molecule has 0 aliphatic heterocycles. The molecule has 0 bridgehead atoms. The minimum Gasteiger partial charge on any atom is -0.349 e. The van der Waals surface area contributed by atoms with Crippen LogP contribution in [0.1, 0.15) is 49.8 Å². The van der Waals surface area contributed by atoms with Crippen molar-refractivity contribution in [2.24, 2.45) is 12.8 Å². The van der Waals surface area contributed by atoms with E-state index in [9.17, 15) is 4.79 Å². The molecule has 1 aromatic rings. The highest BCUT2D eigenvalue weighted by molar-refractivity contribution is 5.92. The normalized spacial score (nSPS) is 11.6. The highest BCUT2D eigenvalue weighted by Gasteiger charge is 2.22. The van der Waals surface area contributed by atoms with E-state index in [1.165, 1.54) is 0 Å². The summed E-state index contributed by atoms with van der Waals surface area (Å²) in [5.41, 5.74) is 7.35. The summed E-state index contributed by atoms with van der Waals surface area (Å²) >= 11 is 0. The topological polar surface area (TPSA) is 72.9 Å². The third-order valence-electron chi connectivity index (χ3n) is 3.53. The standard InChI is InChI=1S/C13H24N4O/c1-5-10-8-11(17(4)16-10)12(18)15-9-13(14,6-2)7-3/h8H,5-7,9,14H2,1-4H3,(H,15,18). The lowest BCUT2D eigenvalue weighted by Crippen LogP contribution is -2.49. The van der Waals surface area contributed by atoms with Gasteiger partial charge in [-0.25, -0.2) is 0 Å². The lowest BCUT2D eigenvalue weighted by Gasteiger charge is -2.26. The summed E-state index contributed by atoms with van der Waals surface area (Å²) in [4.78, 5) is 12.0. The number of carbonyl (C=O) groups excluding carboxylic acids is 1. The number of rotatable bonds is 6. The van der Waals surface area contributed by atoms with Gasteiger partial charge in [-0.3, -0.25) is 9.48 Å². The van der Waals surface area contributed by atoms with Crippen LogP contribution in [0, 0.1) is 0 Å². The van der Waals surface area contributed by atoms with Crippen molar-refractivity contribution < 1.29 is 4.79 Å². The van der Waals surface area contributed by atoms with E-state index in [0.29, 0.717) is 12.2 Å². The lowest BCUT2D eigenvalue weighted by atomic mass is 9.94. The summed E-state index contributed by atoms with van der Waals surface area (Å²) in [5.74, 6) is -0.110. The predicted molar refractivity (Wildman–Crippen MR) is 72.4 cm³/mol. The first-order valence-electron chi connectivity index (χ1n) is 6.55. The summed E-state index contributed by atoms with van der Waals surface area (Å²) in [6.45, 7) is 6.58. The van der Waals surface area contributed by atoms with Gasteiger partial charge in [0.15, 0.2) is 0 Å². The highest BCUT2D eigenvalue weighted by Crippen LogP contribution is 2.10. The predicted octanol–water partition coefficient (Wildman–Crippen LogP) is 1.23. The first-order valence-corrected chi connectivity index (χ1v) is 6.55. The molecule has 0 radical (unpaired) electrons. The number of nitrogens with zero attached hydrogens (tertiary/aromatic N) is 2. The molecule has 0 aromatic carbocycles. The first-order chi connectivity index (χ1) is 8.45. The van der Waals surface area contributed by atoms with Crippen LogP contribution in [0.4, 0.5) is 0 Å². The largest absolute Gasteiger partial charge is 0.349 e. The zero-order valence-corrected chi connectivity index (χ0v) is 11.8. The number of hydrogen-bond acceptors (Lipinski definition) is 3. The minimum absolute atomic E-state index is 0.110. The van der Waals surface area contributed by atoms with Gasteiger partial charge in [0.1, 0.15) is 5.69 Å². The minimum atomic E-state index is -0.318. The van der Waals surface area contributed by atoms with Crippen LogP contribution in [0.15, 0.2) is 6.07 Å². The van der Waals surface area contributed by atoms with E-state index in [0.717, 1.165) is 25.0 Å². The molecule has 0 saturated carbocycles. The van der Waals surface area contributed by atoms with Gasteiger partial charge in [-0.15, -0.1) is 0 Å². The van der Waals surface area contributed by atoms with Gasteiger partial charge in [-0.05, 0) is 25.3 Å². The SMILES string of the molecule is CCc1cc(C(=O)NCC(N)(CC)CC)n(C)n1. The molecule has 102 valence electrons. The number of hydrogen-bond donors (Lipinski definition) is 2. The van der Waals surface area contributed by atoms with Crippen molar-refractivity contribution >= 4 is 5.91 Å². The fourth-order valence-electron chi connectivity index (χ4n) is 1.76. The van der Waals surface area contributed by atoms with Gasteiger partial charge < -0.3 is 11.1 Å². The van der Waals surface area contributed by atoms with Gasteiger partial charge in [0.2, 0.25) is 0 Å². The average molecular weight is 252 g/mol. The summed E-state index contributed by atoms with van der Waals surface area (Å²) in [6.07, 6.45) is 2.51. The van der Waals surface area contributed by atoms with E-state index in [2.05, 4.69) is 10.4 Å². The fraction of sp³-hybridized carbons (Fsp3) is 0.692. The second-order valence-electron chi connectivity index (χ2n) is 4.75. The molecule has 0 atom stereocenters. The Labute approximate surface area is 109 Å². The Hall–Kier alpha value is -1.36. The third-order valence-corrected chi connectivity index (χ3v) is 3.53. The van der Waals surface area contributed by atoms with Crippen LogP contribution < -0.4 is 11.1 Å². The molecule has 0 fully saturated rings. The maximum atomic E-state index is 12.0. The molecule has 0 aliphatic rings. The summed E-state index contributed by atoms with van der Waals surface area (Å²) < 4.78 is 1.62. The van der Waals surface area contributed by atoms with Crippen molar-refractivity contribution in [3.05, 3.63) is 17.5 Å². The molecular weight excluding hydrogens is 228 g/mol. The molecule has 1 amide bonds. The fourth-order valence-corrected chi connectivity index (χ4v) is 1.76. The lowest BCUT2D eigenvalue weighted by molar-refractivity contribution is 0.0932. The quantitative estimate of drug-likeness (QED) is 0.799.